The van der Waals surface area contributed by atoms with E-state index in [4.69, 9.17) is 0 Å². The van der Waals surface area contributed by atoms with Gasteiger partial charge in [-0.25, -0.2) is 0 Å². The highest BCUT2D eigenvalue weighted by molar-refractivity contribution is 7.78. The Kier molecular flexibility index (Phi) is 15.7. The van der Waals surface area contributed by atoms with Gasteiger partial charge in [0.05, 0.1) is 0 Å². The number of hydrogen-bond donors (Lipinski definition) is 0. The van der Waals surface area contributed by atoms with Crippen LogP contribution in [0.5, 0.6) is 0 Å². The van der Waals surface area contributed by atoms with Crippen molar-refractivity contribution in [1.82, 2.24) is 0 Å². The summed E-state index contributed by atoms with van der Waals surface area (Å²) in [5.74, 6) is 0. The van der Waals surface area contributed by atoms with E-state index in [2.05, 4.69) is 63.8 Å². The van der Waals surface area contributed by atoms with E-state index >= 15 is 0 Å². The predicted molar refractivity (Wildman–Crippen MR) is 95.1 cm³/mol. The second kappa shape index (κ2) is 14.8. The van der Waals surface area contributed by atoms with Crippen molar-refractivity contribution in [2.24, 2.45) is 0 Å². The van der Waals surface area contributed by atoms with Gasteiger partial charge in [0.1, 0.15) is 0 Å². The van der Waals surface area contributed by atoms with Crippen molar-refractivity contribution < 1.29 is 0 Å². The molecular formula is C18H28S. The summed E-state index contributed by atoms with van der Waals surface area (Å²) in [5, 5.41) is 1.76. The normalized spacial score (nSPS) is 8.89. The maximum Gasteiger partial charge on any atom is -0.0198 e. The van der Waals surface area contributed by atoms with Crippen molar-refractivity contribution in [2.75, 3.05) is 0 Å². The smallest absolute Gasteiger partial charge is 0.0198 e. The Morgan fingerprint density at radius 3 is 2.00 bits per heavy atom. The molecule has 0 saturated heterocycles. The fourth-order valence-electron chi connectivity index (χ4n) is 1.37. The molecule has 106 valence electrons. The summed E-state index contributed by atoms with van der Waals surface area (Å²) < 4.78 is 0. The molecule has 0 heterocycles. The Bertz CT molecular complexity index is 355. The average Bonchev–Trinajstić information content (AvgIpc) is 2.42. The van der Waals surface area contributed by atoms with Crippen LogP contribution in [0, 0.1) is 13.8 Å². The summed E-state index contributed by atoms with van der Waals surface area (Å²) in [6, 6.07) is 6.32. The molecule has 19 heavy (non-hydrogen) atoms. The number of rotatable bonds is 4. The lowest BCUT2D eigenvalue weighted by Crippen LogP contribution is -1.84. The lowest BCUT2D eigenvalue weighted by molar-refractivity contribution is 1.02. The van der Waals surface area contributed by atoms with Gasteiger partial charge < -0.3 is 0 Å². The standard InChI is InChI=1S/C12H14.C4H8S.C2H6/c1-4-5-9-12-10(2)7-6-8-11(12)3;1-2-3-4-5;1-2/h4-9H,1H2,2-3H3;4H,2-3H2,1H3;1-2H3/b9-5-;;. The maximum absolute atomic E-state index is 4.53. The van der Waals surface area contributed by atoms with Crippen LogP contribution in [0.15, 0.2) is 36.9 Å². The second-order valence-electron chi connectivity index (χ2n) is 3.86. The van der Waals surface area contributed by atoms with Crippen molar-refractivity contribution in [3.8, 4) is 0 Å². The van der Waals surface area contributed by atoms with Gasteiger partial charge in [-0.3, -0.25) is 0 Å². The molecule has 0 N–H and O–H groups in total. The van der Waals surface area contributed by atoms with Crippen LogP contribution in [-0.4, -0.2) is 5.37 Å². The molecular weight excluding hydrogens is 248 g/mol. The maximum atomic E-state index is 4.53. The highest BCUT2D eigenvalue weighted by Gasteiger charge is 1.95. The van der Waals surface area contributed by atoms with E-state index in [1.54, 1.807) is 11.4 Å². The lowest BCUT2D eigenvalue weighted by Gasteiger charge is -2.03. The quantitative estimate of drug-likeness (QED) is 0.458. The number of benzene rings is 1. The molecule has 0 fully saturated rings. The molecule has 0 saturated carbocycles. The zero-order valence-electron chi connectivity index (χ0n) is 13.1. The van der Waals surface area contributed by atoms with Gasteiger partial charge in [-0.1, -0.05) is 82.4 Å². The highest BCUT2D eigenvalue weighted by Crippen LogP contribution is 2.14. The van der Waals surface area contributed by atoms with Crippen LogP contribution < -0.4 is 0 Å². The monoisotopic (exact) mass is 276 g/mol. The minimum atomic E-state index is 1.08. The van der Waals surface area contributed by atoms with Crippen LogP contribution in [0.25, 0.3) is 6.08 Å². The molecule has 0 aromatic heterocycles. The predicted octanol–water partition coefficient (Wildman–Crippen LogP) is 6.32. The third kappa shape index (κ3) is 10.4. The van der Waals surface area contributed by atoms with Crippen LogP contribution in [0.3, 0.4) is 0 Å². The SMILES string of the molecule is C=C/C=C\c1c(C)cccc1C.CC.CCCC=S. The average molecular weight is 276 g/mol. The molecule has 1 heteroatoms. The molecule has 0 unspecified atom stereocenters. The summed E-state index contributed by atoms with van der Waals surface area (Å²) in [4.78, 5) is 0. The topological polar surface area (TPSA) is 0 Å². The van der Waals surface area contributed by atoms with Crippen LogP contribution in [-0.2, 0) is 0 Å². The van der Waals surface area contributed by atoms with Crippen molar-refractivity contribution in [1.29, 1.82) is 0 Å². The van der Waals surface area contributed by atoms with Gasteiger partial charge >= 0.3 is 0 Å². The molecule has 0 atom stereocenters. The van der Waals surface area contributed by atoms with E-state index < -0.39 is 0 Å². The fraction of sp³-hybridized carbons (Fsp3) is 0.389. The van der Waals surface area contributed by atoms with Crippen molar-refractivity contribution >= 4 is 23.7 Å². The highest BCUT2D eigenvalue weighted by atomic mass is 32.1. The zero-order chi connectivity index (χ0) is 15.1. The molecule has 0 amide bonds. The van der Waals surface area contributed by atoms with Gasteiger partial charge in [0, 0.05) is 0 Å². The summed E-state index contributed by atoms with van der Waals surface area (Å²) in [7, 11) is 0. The first-order chi connectivity index (χ1) is 9.17. The molecule has 0 aliphatic rings. The Balaban J connectivity index is 0. The van der Waals surface area contributed by atoms with Crippen LogP contribution in [0.1, 0.15) is 50.3 Å². The fourth-order valence-corrected chi connectivity index (χ4v) is 1.61. The molecule has 0 spiro atoms. The molecule has 0 aliphatic heterocycles. The third-order valence-electron chi connectivity index (χ3n) is 2.35. The van der Waals surface area contributed by atoms with Gasteiger partial charge in [-0.15, -0.1) is 0 Å². The number of thiocarbonyl (C=S) groups is 1. The second-order valence-corrected chi connectivity index (χ2v) is 4.19. The minimum absolute atomic E-state index is 1.08. The molecule has 0 radical (unpaired) electrons. The number of aryl methyl sites for hydroxylation is 2. The minimum Gasteiger partial charge on any atom is -0.0991 e. The Labute approximate surface area is 125 Å². The molecule has 1 rings (SSSR count). The molecule has 0 aliphatic carbocycles. The van der Waals surface area contributed by atoms with Crippen molar-refractivity contribution in [2.45, 2.75) is 47.5 Å². The largest absolute Gasteiger partial charge is 0.0991 e. The first kappa shape index (κ1) is 20.1. The first-order valence-corrected chi connectivity index (χ1v) is 7.43. The van der Waals surface area contributed by atoms with E-state index in [1.807, 2.05) is 19.9 Å². The molecule has 0 nitrogen and oxygen atoms in total. The molecule has 1 aromatic rings. The summed E-state index contributed by atoms with van der Waals surface area (Å²) in [5.41, 5.74) is 3.93. The Morgan fingerprint density at radius 2 is 1.68 bits per heavy atom. The molecule has 0 bridgehead atoms. The van der Waals surface area contributed by atoms with E-state index in [0.29, 0.717) is 0 Å². The van der Waals surface area contributed by atoms with Crippen molar-refractivity contribution in [3.63, 3.8) is 0 Å². The van der Waals surface area contributed by atoms with E-state index in [0.717, 1.165) is 6.42 Å². The zero-order valence-corrected chi connectivity index (χ0v) is 13.9. The number of allylic oxidation sites excluding steroid dienone is 2. The van der Waals surface area contributed by atoms with Crippen LogP contribution >= 0.6 is 12.2 Å². The van der Waals surface area contributed by atoms with Gasteiger partial charge in [-0.2, -0.15) is 0 Å². The summed E-state index contributed by atoms with van der Waals surface area (Å²) in [6.07, 6.45) is 8.12. The van der Waals surface area contributed by atoms with Gasteiger partial charge in [0.15, 0.2) is 0 Å². The third-order valence-corrected chi connectivity index (χ3v) is 2.58. The van der Waals surface area contributed by atoms with E-state index in [9.17, 15) is 0 Å². The van der Waals surface area contributed by atoms with Gasteiger partial charge in [0.2, 0.25) is 0 Å². The number of unbranched alkanes of at least 4 members (excludes halogenated alkanes) is 1. The van der Waals surface area contributed by atoms with Crippen LogP contribution in [0.4, 0.5) is 0 Å². The van der Waals surface area contributed by atoms with E-state index in [1.165, 1.54) is 23.1 Å². The van der Waals surface area contributed by atoms with Crippen molar-refractivity contribution in [3.05, 3.63) is 53.6 Å². The molecule has 1 aromatic carbocycles. The summed E-state index contributed by atoms with van der Waals surface area (Å²) >= 11 is 4.53. The van der Waals surface area contributed by atoms with Gasteiger partial charge in [-0.05, 0) is 42.3 Å². The Morgan fingerprint density at radius 1 is 1.16 bits per heavy atom. The Hall–Kier alpha value is -1.21. The first-order valence-electron chi connectivity index (χ1n) is 6.96. The van der Waals surface area contributed by atoms with Crippen LogP contribution in [0.2, 0.25) is 0 Å². The van der Waals surface area contributed by atoms with Gasteiger partial charge in [0.25, 0.3) is 0 Å². The number of hydrogen-bond acceptors (Lipinski definition) is 1. The lowest BCUT2D eigenvalue weighted by atomic mass is 10.0. The summed E-state index contributed by atoms with van der Waals surface area (Å²) in [6.45, 7) is 14.0. The van der Waals surface area contributed by atoms with E-state index in [-0.39, 0.29) is 0 Å².